The molecule has 1 radical (unpaired) electrons. The molecule has 2 aromatic carbocycles. The lowest BCUT2D eigenvalue weighted by atomic mass is 10.1. The SMILES string of the molecule is O=c1cc(-c2ccccc2)oc2cc[c]cc12. The van der Waals surface area contributed by atoms with Crippen LogP contribution in [0.1, 0.15) is 0 Å². The van der Waals surface area contributed by atoms with Crippen molar-refractivity contribution < 1.29 is 4.42 Å². The van der Waals surface area contributed by atoms with Crippen molar-refractivity contribution in [1.29, 1.82) is 0 Å². The number of rotatable bonds is 1. The van der Waals surface area contributed by atoms with Gasteiger partial charge in [-0.2, -0.15) is 0 Å². The largest absolute Gasteiger partial charge is 0.456 e. The van der Waals surface area contributed by atoms with Crippen LogP contribution in [0.15, 0.2) is 63.8 Å². The van der Waals surface area contributed by atoms with E-state index in [0.29, 0.717) is 16.7 Å². The summed E-state index contributed by atoms with van der Waals surface area (Å²) in [6, 6.07) is 19.1. The number of hydrogen-bond acceptors (Lipinski definition) is 2. The molecule has 0 aliphatic rings. The minimum absolute atomic E-state index is 0.0399. The standard InChI is InChI=1S/C15H9O2/c16-13-10-15(11-6-2-1-3-7-11)17-14-9-5-4-8-12(13)14/h1-3,5-10H. The molecule has 0 spiro atoms. The normalized spacial score (nSPS) is 10.6. The summed E-state index contributed by atoms with van der Waals surface area (Å²) in [6.07, 6.45) is 0. The summed E-state index contributed by atoms with van der Waals surface area (Å²) in [4.78, 5) is 11.9. The van der Waals surface area contributed by atoms with Crippen LogP contribution < -0.4 is 5.43 Å². The van der Waals surface area contributed by atoms with Gasteiger partial charge in [-0.25, -0.2) is 0 Å². The molecule has 0 aliphatic carbocycles. The van der Waals surface area contributed by atoms with E-state index in [1.165, 1.54) is 6.07 Å². The van der Waals surface area contributed by atoms with Gasteiger partial charge in [-0.05, 0) is 18.2 Å². The van der Waals surface area contributed by atoms with Crippen LogP contribution in [0.3, 0.4) is 0 Å². The first kappa shape index (κ1) is 9.85. The third-order valence-corrected chi connectivity index (χ3v) is 2.63. The van der Waals surface area contributed by atoms with Crippen molar-refractivity contribution in [3.63, 3.8) is 0 Å². The summed E-state index contributed by atoms with van der Waals surface area (Å²) in [5, 5.41) is 0.562. The minimum Gasteiger partial charge on any atom is -0.456 e. The van der Waals surface area contributed by atoms with Gasteiger partial charge in [0.2, 0.25) is 0 Å². The predicted molar refractivity (Wildman–Crippen MR) is 66.8 cm³/mol. The summed E-state index contributed by atoms with van der Waals surface area (Å²) in [7, 11) is 0. The van der Waals surface area contributed by atoms with Crippen LogP contribution in [-0.4, -0.2) is 0 Å². The lowest BCUT2D eigenvalue weighted by molar-refractivity contribution is 0.619. The van der Waals surface area contributed by atoms with Gasteiger partial charge in [-0.15, -0.1) is 0 Å². The van der Waals surface area contributed by atoms with E-state index < -0.39 is 0 Å². The summed E-state index contributed by atoms with van der Waals surface area (Å²) >= 11 is 0. The van der Waals surface area contributed by atoms with Crippen LogP contribution in [0.25, 0.3) is 22.3 Å². The Morgan fingerprint density at radius 1 is 1.06 bits per heavy atom. The van der Waals surface area contributed by atoms with Gasteiger partial charge in [0.1, 0.15) is 11.3 Å². The first-order chi connectivity index (χ1) is 8.34. The number of hydrogen-bond donors (Lipinski definition) is 0. The van der Waals surface area contributed by atoms with E-state index in [1.807, 2.05) is 30.3 Å². The van der Waals surface area contributed by atoms with Crippen LogP contribution in [0.5, 0.6) is 0 Å². The van der Waals surface area contributed by atoms with Crippen molar-refractivity contribution in [3.8, 4) is 11.3 Å². The molecular weight excluding hydrogens is 212 g/mol. The van der Waals surface area contributed by atoms with E-state index in [1.54, 1.807) is 18.2 Å². The Bertz CT molecular complexity index is 712. The lowest BCUT2D eigenvalue weighted by Gasteiger charge is -2.02. The quantitative estimate of drug-likeness (QED) is 0.631. The van der Waals surface area contributed by atoms with Gasteiger partial charge in [-0.3, -0.25) is 4.79 Å². The van der Waals surface area contributed by atoms with E-state index in [2.05, 4.69) is 6.07 Å². The van der Waals surface area contributed by atoms with Crippen LogP contribution in [0.2, 0.25) is 0 Å². The first-order valence-corrected chi connectivity index (χ1v) is 5.34. The topological polar surface area (TPSA) is 30.2 Å². The van der Waals surface area contributed by atoms with Gasteiger partial charge in [0.05, 0.1) is 5.39 Å². The molecule has 3 aromatic rings. The summed E-state index contributed by atoms with van der Waals surface area (Å²) < 4.78 is 5.71. The Morgan fingerprint density at radius 3 is 2.71 bits per heavy atom. The molecule has 1 heterocycles. The van der Waals surface area contributed by atoms with Crippen molar-refractivity contribution in [2.45, 2.75) is 0 Å². The molecule has 2 heteroatoms. The summed E-state index contributed by atoms with van der Waals surface area (Å²) in [5.41, 5.74) is 1.45. The second-order valence-corrected chi connectivity index (χ2v) is 3.76. The second-order valence-electron chi connectivity index (χ2n) is 3.76. The highest BCUT2D eigenvalue weighted by atomic mass is 16.3. The third kappa shape index (κ3) is 1.74. The molecule has 0 bridgehead atoms. The fourth-order valence-corrected chi connectivity index (χ4v) is 1.79. The van der Waals surface area contributed by atoms with Crippen molar-refractivity contribution in [3.05, 3.63) is 70.9 Å². The molecule has 0 amide bonds. The molecular formula is C15H9O2. The van der Waals surface area contributed by atoms with Gasteiger partial charge < -0.3 is 4.42 Å². The molecule has 17 heavy (non-hydrogen) atoms. The molecule has 0 saturated carbocycles. The van der Waals surface area contributed by atoms with Crippen molar-refractivity contribution >= 4 is 11.0 Å². The molecule has 81 valence electrons. The number of benzene rings is 2. The molecule has 0 aliphatic heterocycles. The zero-order valence-corrected chi connectivity index (χ0v) is 9.01. The van der Waals surface area contributed by atoms with Gasteiger partial charge in [0.25, 0.3) is 0 Å². The second kappa shape index (κ2) is 3.91. The molecule has 0 N–H and O–H groups in total. The van der Waals surface area contributed by atoms with E-state index in [4.69, 9.17) is 4.42 Å². The van der Waals surface area contributed by atoms with E-state index in [0.717, 1.165) is 5.56 Å². The van der Waals surface area contributed by atoms with Gasteiger partial charge in [-0.1, -0.05) is 36.4 Å². The molecule has 3 rings (SSSR count). The smallest absolute Gasteiger partial charge is 0.193 e. The fourth-order valence-electron chi connectivity index (χ4n) is 1.79. The maximum absolute atomic E-state index is 11.9. The molecule has 0 unspecified atom stereocenters. The van der Waals surface area contributed by atoms with Gasteiger partial charge >= 0.3 is 0 Å². The fraction of sp³-hybridized carbons (Fsp3) is 0. The molecule has 1 aromatic heterocycles. The highest BCUT2D eigenvalue weighted by Crippen LogP contribution is 2.21. The Hall–Kier alpha value is -2.35. The first-order valence-electron chi connectivity index (χ1n) is 5.34. The maximum Gasteiger partial charge on any atom is 0.193 e. The average Bonchev–Trinajstić information content (AvgIpc) is 2.40. The van der Waals surface area contributed by atoms with Crippen molar-refractivity contribution in [1.82, 2.24) is 0 Å². The summed E-state index contributed by atoms with van der Waals surface area (Å²) in [6.45, 7) is 0. The highest BCUT2D eigenvalue weighted by molar-refractivity contribution is 5.78. The number of fused-ring (bicyclic) bond motifs is 1. The van der Waals surface area contributed by atoms with Crippen LogP contribution >= 0.6 is 0 Å². The zero-order chi connectivity index (χ0) is 11.7. The summed E-state index contributed by atoms with van der Waals surface area (Å²) in [5.74, 6) is 0.592. The van der Waals surface area contributed by atoms with Crippen LogP contribution in [-0.2, 0) is 0 Å². The van der Waals surface area contributed by atoms with Crippen LogP contribution in [0.4, 0.5) is 0 Å². The molecule has 0 fully saturated rings. The van der Waals surface area contributed by atoms with Crippen molar-refractivity contribution in [2.24, 2.45) is 0 Å². The third-order valence-electron chi connectivity index (χ3n) is 2.63. The van der Waals surface area contributed by atoms with Crippen molar-refractivity contribution in [2.75, 3.05) is 0 Å². The van der Waals surface area contributed by atoms with E-state index in [-0.39, 0.29) is 5.43 Å². The Balaban J connectivity index is 2.30. The molecule has 2 nitrogen and oxygen atoms in total. The Labute approximate surface area is 98.1 Å². The zero-order valence-electron chi connectivity index (χ0n) is 9.01. The van der Waals surface area contributed by atoms with E-state index in [9.17, 15) is 4.79 Å². The predicted octanol–water partition coefficient (Wildman–Crippen LogP) is 3.26. The van der Waals surface area contributed by atoms with Crippen LogP contribution in [0, 0.1) is 6.07 Å². The van der Waals surface area contributed by atoms with Gasteiger partial charge in [0, 0.05) is 11.6 Å². The van der Waals surface area contributed by atoms with Gasteiger partial charge in [0.15, 0.2) is 5.43 Å². The Kier molecular flexibility index (Phi) is 2.26. The molecule has 0 saturated heterocycles. The Morgan fingerprint density at radius 2 is 1.88 bits per heavy atom. The highest BCUT2D eigenvalue weighted by Gasteiger charge is 2.05. The lowest BCUT2D eigenvalue weighted by Crippen LogP contribution is -1.99. The monoisotopic (exact) mass is 221 g/mol. The minimum atomic E-state index is -0.0399. The molecule has 0 atom stereocenters. The maximum atomic E-state index is 11.9. The average molecular weight is 221 g/mol. The van der Waals surface area contributed by atoms with E-state index >= 15 is 0 Å².